The Hall–Kier alpha value is -7.20. The number of carbonyl (C=O) groups is 2. The fourth-order valence-electron chi connectivity index (χ4n) is 9.15. The number of nitrogens with zero attached hydrogens (tertiary/aromatic N) is 6. The van der Waals surface area contributed by atoms with Crippen LogP contribution in [0.1, 0.15) is 81.3 Å². The minimum absolute atomic E-state index is 0.145. The highest BCUT2D eigenvalue weighted by Crippen LogP contribution is 2.39. The molecule has 8 rings (SSSR count). The zero-order valence-corrected chi connectivity index (χ0v) is 40.4. The number of primary amides is 2. The minimum atomic E-state index is -0.383. The van der Waals surface area contributed by atoms with Crippen LogP contribution in [0.4, 0.5) is 0 Å². The van der Waals surface area contributed by atoms with Gasteiger partial charge < -0.3 is 30.4 Å². The van der Waals surface area contributed by atoms with Crippen molar-refractivity contribution in [2.75, 3.05) is 13.1 Å². The summed E-state index contributed by atoms with van der Waals surface area (Å²) in [5, 5.41) is 19.6. The molecule has 4 heterocycles. The second-order valence-corrected chi connectivity index (χ2v) is 18.4. The molecule has 2 amide bonds. The van der Waals surface area contributed by atoms with Crippen LogP contribution in [0, 0.1) is 36.5 Å². The summed E-state index contributed by atoms with van der Waals surface area (Å²) >= 11 is 13.8. The van der Waals surface area contributed by atoms with Gasteiger partial charge in [0.05, 0.1) is 33.3 Å². The van der Waals surface area contributed by atoms with Gasteiger partial charge in [0, 0.05) is 72.3 Å². The summed E-state index contributed by atoms with van der Waals surface area (Å²) in [4.78, 5) is 36.9. The molecule has 6 aromatic rings. The van der Waals surface area contributed by atoms with Gasteiger partial charge in [0.2, 0.25) is 11.8 Å². The highest BCUT2D eigenvalue weighted by molar-refractivity contribution is 6.32. The summed E-state index contributed by atoms with van der Waals surface area (Å²) in [6.07, 6.45) is 9.37. The third-order valence-electron chi connectivity index (χ3n) is 12.9. The molecule has 2 fully saturated rings. The van der Waals surface area contributed by atoms with Crippen LogP contribution in [0.15, 0.2) is 97.6 Å². The monoisotopic (exact) mass is 978 g/mol. The van der Waals surface area contributed by atoms with Crippen LogP contribution in [-0.4, -0.2) is 56.8 Å². The average molecular weight is 980 g/mol. The fourth-order valence-corrected chi connectivity index (χ4v) is 9.64. The quantitative estimate of drug-likeness (QED) is 0.0781. The van der Waals surface area contributed by atoms with E-state index in [1.807, 2.05) is 46.2 Å². The maximum Gasteiger partial charge on any atom is 0.234 e. The molecule has 0 spiro atoms. The number of halogens is 2. The number of nitriles is 2. The number of hydrogen-bond acceptors (Lipinski definition) is 12. The molecule has 0 radical (unpaired) electrons. The van der Waals surface area contributed by atoms with E-state index in [2.05, 4.69) is 48.1 Å². The Morgan fingerprint density at radius 3 is 1.41 bits per heavy atom. The molecular weight excluding hydrogens is 928 g/mol. The molecule has 0 saturated carbocycles. The first-order chi connectivity index (χ1) is 33.9. The lowest BCUT2D eigenvalue weighted by atomic mass is 9.92. The first-order valence-electron chi connectivity index (χ1n) is 23.0. The van der Waals surface area contributed by atoms with Crippen LogP contribution >= 0.6 is 23.2 Å². The Kier molecular flexibility index (Phi) is 15.8. The summed E-state index contributed by atoms with van der Waals surface area (Å²) in [5.41, 5.74) is 21.3. The van der Waals surface area contributed by atoms with E-state index >= 15 is 0 Å². The number of ether oxygens (including phenoxy) is 4. The van der Waals surface area contributed by atoms with Crippen LogP contribution in [0.5, 0.6) is 23.0 Å². The molecule has 2 aromatic heterocycles. The van der Waals surface area contributed by atoms with E-state index in [4.69, 9.17) is 53.6 Å². The molecule has 2 aliphatic rings. The molecule has 0 bridgehead atoms. The minimum Gasteiger partial charge on any atom is -0.488 e. The van der Waals surface area contributed by atoms with Crippen molar-refractivity contribution < 1.29 is 28.5 Å². The van der Waals surface area contributed by atoms with E-state index in [-0.39, 0.29) is 50.3 Å². The first kappa shape index (κ1) is 49.2. The molecule has 2 aliphatic heterocycles. The normalized spacial score (nSPS) is 15.8. The predicted octanol–water partition coefficient (Wildman–Crippen LogP) is 9.03. The van der Waals surface area contributed by atoms with Crippen molar-refractivity contribution in [2.24, 2.45) is 11.5 Å². The first-order valence-corrected chi connectivity index (χ1v) is 23.7. The zero-order chi connectivity index (χ0) is 49.3. The Bertz CT molecular complexity index is 2810. The highest BCUT2D eigenvalue weighted by Gasteiger charge is 2.31. The third kappa shape index (κ3) is 11.6. The summed E-state index contributed by atoms with van der Waals surface area (Å²) in [6.45, 7) is 7.06. The third-order valence-corrected chi connectivity index (χ3v) is 13.5. The van der Waals surface area contributed by atoms with Crippen molar-refractivity contribution in [3.05, 3.63) is 163 Å². The van der Waals surface area contributed by atoms with E-state index in [0.717, 1.165) is 68.5 Å². The van der Waals surface area contributed by atoms with Crippen LogP contribution in [0.3, 0.4) is 0 Å². The molecule has 4 aromatic carbocycles. The van der Waals surface area contributed by atoms with Crippen molar-refractivity contribution in [1.82, 2.24) is 19.8 Å². The topological polar surface area (TPSA) is 203 Å². The largest absolute Gasteiger partial charge is 0.488 e. The number of likely N-dealkylation sites (tertiary alicyclic amines) is 2. The van der Waals surface area contributed by atoms with Gasteiger partial charge in [-0.1, -0.05) is 59.6 Å². The number of aromatic nitrogens is 2. The number of nitrogens with two attached hydrogens (primary N) is 2. The van der Waals surface area contributed by atoms with Crippen molar-refractivity contribution in [1.29, 1.82) is 10.5 Å². The van der Waals surface area contributed by atoms with Gasteiger partial charge in [0.1, 0.15) is 61.6 Å². The van der Waals surface area contributed by atoms with Crippen molar-refractivity contribution in [3.8, 4) is 46.3 Å². The zero-order valence-electron chi connectivity index (χ0n) is 38.9. The molecular formula is C54H52Cl2N8O6. The smallest absolute Gasteiger partial charge is 0.234 e. The van der Waals surface area contributed by atoms with Gasteiger partial charge in [-0.3, -0.25) is 29.4 Å². The molecule has 70 heavy (non-hydrogen) atoms. The van der Waals surface area contributed by atoms with Crippen LogP contribution in [-0.2, 0) is 49.1 Å². The Morgan fingerprint density at radius 1 is 0.600 bits per heavy atom. The summed E-state index contributed by atoms with van der Waals surface area (Å²) in [6, 6.07) is 26.3. The number of amides is 2. The van der Waals surface area contributed by atoms with Gasteiger partial charge in [0.15, 0.2) is 0 Å². The molecule has 4 N–H and O–H groups in total. The maximum atomic E-state index is 12.3. The maximum absolute atomic E-state index is 12.3. The van der Waals surface area contributed by atoms with Gasteiger partial charge in [-0.2, -0.15) is 10.5 Å². The van der Waals surface area contributed by atoms with Crippen molar-refractivity contribution in [2.45, 2.75) is 91.1 Å². The molecule has 14 nitrogen and oxygen atoms in total. The SMILES string of the molecule is Cc1c(COc2cc(OCc3cncc(C#N)c3)c(CN3CCC[C@H]3C(N)=O)cc2Cl)cccc1-c1cccc(COc2cc(OCc3cncc(C#N)c3)c(CN3CCC[C@H]3C(N)=O)cc2Cl)c1C. The van der Waals surface area contributed by atoms with E-state index in [1.165, 1.54) is 12.4 Å². The lowest BCUT2D eigenvalue weighted by Crippen LogP contribution is -2.39. The number of carbonyl (C=O) groups excluding carboxylic acids is 2. The van der Waals surface area contributed by atoms with E-state index in [9.17, 15) is 20.1 Å². The Labute approximate surface area is 417 Å². The summed E-state index contributed by atoms with van der Waals surface area (Å²) in [7, 11) is 0. The van der Waals surface area contributed by atoms with Gasteiger partial charge in [-0.05, 0) is 110 Å². The average Bonchev–Trinajstić information content (AvgIpc) is 4.04. The molecule has 0 unspecified atom stereocenters. The standard InChI is InChI=1S/C54H52Cl2N8O6/c1-33-39(31-69-51-19-49(67-29-37-15-35(21-57)23-61-25-37)41(17-45(51)55)27-63-13-5-11-47(63)53(59)65)7-3-9-43(33)44-10-4-8-40(34(44)2)32-70-52-20-50(68-30-38-16-36(22-58)24-62-26-38)42(18-46(52)56)28-64-14-6-12-48(64)54(60)66/h3-4,7-10,15-20,23-26,47-48H,5-6,11-14,27-32H2,1-2H3,(H2,59,65)(H2,60,66)/t47-,48-/m0/s1. The number of hydrogen-bond donors (Lipinski definition) is 2. The van der Waals surface area contributed by atoms with Crippen molar-refractivity contribution in [3.63, 3.8) is 0 Å². The lowest BCUT2D eigenvalue weighted by molar-refractivity contribution is -0.123. The second kappa shape index (κ2) is 22.5. The van der Waals surface area contributed by atoms with Gasteiger partial charge >= 0.3 is 0 Å². The van der Waals surface area contributed by atoms with Crippen LogP contribution < -0.4 is 30.4 Å². The highest BCUT2D eigenvalue weighted by atomic mass is 35.5. The fraction of sp³-hybridized carbons (Fsp3) is 0.296. The predicted molar refractivity (Wildman–Crippen MR) is 265 cm³/mol. The number of benzene rings is 4. The van der Waals surface area contributed by atoms with E-state index < -0.39 is 0 Å². The Balaban J connectivity index is 1.00. The molecule has 2 saturated heterocycles. The Morgan fingerprint density at radius 2 is 1.01 bits per heavy atom. The van der Waals surface area contributed by atoms with Crippen molar-refractivity contribution >= 4 is 35.0 Å². The van der Waals surface area contributed by atoms with Crippen LogP contribution in [0.2, 0.25) is 10.0 Å². The van der Waals surface area contributed by atoms with E-state index in [1.54, 1.807) is 36.7 Å². The van der Waals surface area contributed by atoms with Crippen LogP contribution in [0.25, 0.3) is 11.1 Å². The molecule has 358 valence electrons. The number of pyridine rings is 2. The molecule has 16 heteroatoms. The van der Waals surface area contributed by atoms with E-state index in [0.29, 0.717) is 83.2 Å². The lowest BCUT2D eigenvalue weighted by Gasteiger charge is -2.24. The molecule has 0 aliphatic carbocycles. The number of rotatable bonds is 19. The molecule has 2 atom stereocenters. The van der Waals surface area contributed by atoms with Gasteiger partial charge in [0.25, 0.3) is 0 Å². The van der Waals surface area contributed by atoms with Gasteiger partial charge in [-0.25, -0.2) is 0 Å². The van der Waals surface area contributed by atoms with Gasteiger partial charge in [-0.15, -0.1) is 0 Å². The second-order valence-electron chi connectivity index (χ2n) is 17.6. The summed E-state index contributed by atoms with van der Waals surface area (Å²) < 4.78 is 25.6. The summed E-state index contributed by atoms with van der Waals surface area (Å²) in [5.74, 6) is 1.17.